The summed E-state index contributed by atoms with van der Waals surface area (Å²) in [5, 5.41) is 10.3. The molecule has 0 unspecified atom stereocenters. The Morgan fingerprint density at radius 2 is 1.58 bits per heavy atom. The molecular formula is C27H22O3S. The van der Waals surface area contributed by atoms with Crippen LogP contribution in [0.25, 0.3) is 22.3 Å². The zero-order valence-corrected chi connectivity index (χ0v) is 17.8. The highest BCUT2D eigenvalue weighted by Crippen LogP contribution is 2.43. The lowest BCUT2D eigenvalue weighted by Crippen LogP contribution is -2.02. The quantitative estimate of drug-likeness (QED) is 0.369. The Balaban J connectivity index is 1.63. The SMILES string of the molecule is O=c1occc(O)c1Sc1c(CC2CC2)cccc1-c1cccc(-c2ccccc2)c1. The second-order valence-electron chi connectivity index (χ2n) is 7.91. The highest BCUT2D eigenvalue weighted by Gasteiger charge is 2.25. The van der Waals surface area contributed by atoms with E-state index in [0.717, 1.165) is 33.6 Å². The van der Waals surface area contributed by atoms with Gasteiger partial charge < -0.3 is 9.52 Å². The molecule has 31 heavy (non-hydrogen) atoms. The molecule has 1 aromatic heterocycles. The Morgan fingerprint density at radius 1 is 0.839 bits per heavy atom. The second kappa shape index (κ2) is 8.48. The number of aromatic hydroxyl groups is 1. The van der Waals surface area contributed by atoms with E-state index in [9.17, 15) is 9.90 Å². The first-order valence-corrected chi connectivity index (χ1v) is 11.3. The Kier molecular flexibility index (Phi) is 5.39. The van der Waals surface area contributed by atoms with Gasteiger partial charge in [0.2, 0.25) is 0 Å². The van der Waals surface area contributed by atoms with Crippen molar-refractivity contribution in [2.45, 2.75) is 29.1 Å². The number of benzene rings is 3. The van der Waals surface area contributed by atoms with Gasteiger partial charge in [0, 0.05) is 11.0 Å². The lowest BCUT2D eigenvalue weighted by molar-refractivity contribution is 0.424. The third-order valence-corrected chi connectivity index (χ3v) is 6.87. The Morgan fingerprint density at radius 3 is 2.35 bits per heavy atom. The van der Waals surface area contributed by atoms with Crippen molar-refractivity contribution in [3.05, 3.63) is 101 Å². The van der Waals surface area contributed by atoms with Gasteiger partial charge in [-0.1, -0.05) is 78.5 Å². The summed E-state index contributed by atoms with van der Waals surface area (Å²) in [6.07, 6.45) is 4.70. The van der Waals surface area contributed by atoms with Crippen LogP contribution in [0.5, 0.6) is 5.75 Å². The first kappa shape index (κ1) is 19.7. The molecule has 3 nitrogen and oxygen atoms in total. The lowest BCUT2D eigenvalue weighted by atomic mass is 9.97. The summed E-state index contributed by atoms with van der Waals surface area (Å²) in [4.78, 5) is 13.6. The van der Waals surface area contributed by atoms with Gasteiger partial charge >= 0.3 is 5.63 Å². The van der Waals surface area contributed by atoms with Crippen LogP contribution >= 0.6 is 11.8 Å². The van der Waals surface area contributed by atoms with Crippen molar-refractivity contribution in [3.63, 3.8) is 0 Å². The molecule has 1 heterocycles. The van der Waals surface area contributed by atoms with Crippen molar-refractivity contribution in [2.75, 3.05) is 0 Å². The fourth-order valence-electron chi connectivity index (χ4n) is 3.81. The lowest BCUT2D eigenvalue weighted by Gasteiger charge is -2.15. The first-order valence-electron chi connectivity index (χ1n) is 10.5. The molecule has 1 fully saturated rings. The molecule has 1 aliphatic carbocycles. The van der Waals surface area contributed by atoms with Gasteiger partial charge in [-0.2, -0.15) is 0 Å². The monoisotopic (exact) mass is 426 g/mol. The van der Waals surface area contributed by atoms with Gasteiger partial charge in [0.15, 0.2) is 0 Å². The Hall–Kier alpha value is -3.24. The van der Waals surface area contributed by atoms with E-state index in [2.05, 4.69) is 54.6 Å². The molecule has 4 heteroatoms. The molecule has 0 bridgehead atoms. The van der Waals surface area contributed by atoms with Crippen LogP contribution in [0.1, 0.15) is 18.4 Å². The summed E-state index contributed by atoms with van der Waals surface area (Å²) in [6.45, 7) is 0. The molecule has 0 saturated heterocycles. The third-order valence-electron chi connectivity index (χ3n) is 5.61. The summed E-state index contributed by atoms with van der Waals surface area (Å²) in [5.74, 6) is 0.650. The van der Waals surface area contributed by atoms with Crippen LogP contribution < -0.4 is 5.63 Å². The van der Waals surface area contributed by atoms with Crippen LogP contribution in [0, 0.1) is 5.92 Å². The van der Waals surface area contributed by atoms with Gasteiger partial charge in [-0.05, 0) is 59.1 Å². The average molecular weight is 427 g/mol. The highest BCUT2D eigenvalue weighted by molar-refractivity contribution is 7.99. The topological polar surface area (TPSA) is 50.4 Å². The maximum Gasteiger partial charge on any atom is 0.353 e. The van der Waals surface area contributed by atoms with Crippen LogP contribution in [-0.4, -0.2) is 5.11 Å². The molecule has 5 rings (SSSR count). The molecule has 1 N–H and O–H groups in total. The summed E-state index contributed by atoms with van der Waals surface area (Å²) in [6, 6.07) is 26.5. The average Bonchev–Trinajstić information content (AvgIpc) is 3.62. The normalized spacial score (nSPS) is 13.3. The molecule has 0 radical (unpaired) electrons. The van der Waals surface area contributed by atoms with E-state index < -0.39 is 5.63 Å². The first-order chi connectivity index (χ1) is 15.2. The van der Waals surface area contributed by atoms with Crippen LogP contribution in [0.4, 0.5) is 0 Å². The predicted octanol–water partition coefficient (Wildman–Crippen LogP) is 6.78. The Labute approximate surface area is 185 Å². The smallest absolute Gasteiger partial charge is 0.353 e. The fraction of sp³-hybridized carbons (Fsp3) is 0.148. The van der Waals surface area contributed by atoms with E-state index in [0.29, 0.717) is 5.92 Å². The maximum atomic E-state index is 12.3. The van der Waals surface area contributed by atoms with Crippen LogP contribution in [0.15, 0.2) is 104 Å². The van der Waals surface area contributed by atoms with Crippen molar-refractivity contribution in [1.29, 1.82) is 0 Å². The van der Waals surface area contributed by atoms with Crippen molar-refractivity contribution in [1.82, 2.24) is 0 Å². The Bertz CT molecular complexity index is 1270. The zero-order valence-electron chi connectivity index (χ0n) is 17.0. The van der Waals surface area contributed by atoms with Gasteiger partial charge in [-0.25, -0.2) is 4.79 Å². The number of hydrogen-bond acceptors (Lipinski definition) is 4. The minimum Gasteiger partial charge on any atom is -0.506 e. The summed E-state index contributed by atoms with van der Waals surface area (Å²) in [5.41, 5.74) is 5.13. The molecular weight excluding hydrogens is 404 g/mol. The van der Waals surface area contributed by atoms with Gasteiger partial charge in [0.25, 0.3) is 0 Å². The molecule has 0 aliphatic heterocycles. The van der Waals surface area contributed by atoms with Gasteiger partial charge in [-0.3, -0.25) is 0 Å². The molecule has 1 saturated carbocycles. The van der Waals surface area contributed by atoms with E-state index >= 15 is 0 Å². The van der Waals surface area contributed by atoms with Crippen LogP contribution in [-0.2, 0) is 6.42 Å². The molecule has 0 spiro atoms. The van der Waals surface area contributed by atoms with Gasteiger partial charge in [0.05, 0.1) is 6.26 Å². The zero-order chi connectivity index (χ0) is 21.2. The maximum absolute atomic E-state index is 12.3. The highest BCUT2D eigenvalue weighted by atomic mass is 32.2. The number of hydrogen-bond donors (Lipinski definition) is 1. The van der Waals surface area contributed by atoms with E-state index in [1.165, 1.54) is 42.5 Å². The van der Waals surface area contributed by atoms with Gasteiger partial charge in [-0.15, -0.1) is 0 Å². The summed E-state index contributed by atoms with van der Waals surface area (Å²) >= 11 is 1.30. The van der Waals surface area contributed by atoms with E-state index in [-0.39, 0.29) is 10.6 Å². The third kappa shape index (κ3) is 4.30. The summed E-state index contributed by atoms with van der Waals surface area (Å²) < 4.78 is 5.03. The van der Waals surface area contributed by atoms with Crippen molar-refractivity contribution < 1.29 is 9.52 Å². The van der Waals surface area contributed by atoms with Crippen molar-refractivity contribution >= 4 is 11.8 Å². The fourth-order valence-corrected chi connectivity index (χ4v) is 4.90. The summed E-state index contributed by atoms with van der Waals surface area (Å²) in [7, 11) is 0. The molecule has 1 aliphatic rings. The molecule has 0 amide bonds. The van der Waals surface area contributed by atoms with Crippen LogP contribution in [0.3, 0.4) is 0 Å². The van der Waals surface area contributed by atoms with E-state index in [1.807, 2.05) is 18.2 Å². The van der Waals surface area contributed by atoms with E-state index in [1.54, 1.807) is 0 Å². The van der Waals surface area contributed by atoms with Crippen molar-refractivity contribution in [3.8, 4) is 28.0 Å². The second-order valence-corrected chi connectivity index (χ2v) is 8.93. The van der Waals surface area contributed by atoms with Crippen molar-refractivity contribution in [2.24, 2.45) is 5.92 Å². The minimum atomic E-state index is -0.518. The standard InChI is InChI=1S/C27H22O3S/c28-24-14-15-30-27(29)26(24)31-25-22(16-18-12-13-18)10-5-11-23(25)21-9-4-8-20(17-21)19-6-2-1-3-7-19/h1-11,14-15,17-18,28H,12-13,16H2. The van der Waals surface area contributed by atoms with Crippen LogP contribution in [0.2, 0.25) is 0 Å². The minimum absolute atomic E-state index is 0.0496. The number of rotatable bonds is 6. The molecule has 154 valence electrons. The molecule has 3 aromatic carbocycles. The largest absolute Gasteiger partial charge is 0.506 e. The van der Waals surface area contributed by atoms with E-state index in [4.69, 9.17) is 4.42 Å². The predicted molar refractivity (Wildman–Crippen MR) is 125 cm³/mol. The molecule has 4 aromatic rings. The van der Waals surface area contributed by atoms with Gasteiger partial charge in [0.1, 0.15) is 10.6 Å². The molecule has 0 atom stereocenters.